The lowest BCUT2D eigenvalue weighted by atomic mass is 10.2. The number of benzene rings is 1. The van der Waals surface area contributed by atoms with Gasteiger partial charge in [-0.15, -0.1) is 0 Å². The maximum Gasteiger partial charge on any atom is 0.352 e. The highest BCUT2D eigenvalue weighted by Gasteiger charge is 2.23. The lowest BCUT2D eigenvalue weighted by Crippen LogP contribution is -2.37. The highest BCUT2D eigenvalue weighted by Crippen LogP contribution is 2.32. The zero-order valence-corrected chi connectivity index (χ0v) is 15.9. The summed E-state index contributed by atoms with van der Waals surface area (Å²) >= 11 is 0. The molecule has 9 nitrogen and oxygen atoms in total. The van der Waals surface area contributed by atoms with Crippen LogP contribution in [0.2, 0.25) is 0 Å². The summed E-state index contributed by atoms with van der Waals surface area (Å²) in [5, 5.41) is 4.54. The maximum atomic E-state index is 12.6. The molecule has 0 bridgehead atoms. The van der Waals surface area contributed by atoms with Crippen molar-refractivity contribution in [1.82, 2.24) is 24.3 Å². The van der Waals surface area contributed by atoms with Crippen molar-refractivity contribution < 1.29 is 9.47 Å². The van der Waals surface area contributed by atoms with E-state index in [1.807, 2.05) is 13.8 Å². The second-order valence-corrected chi connectivity index (χ2v) is 6.14. The fourth-order valence-corrected chi connectivity index (χ4v) is 2.67. The molecular formula is C18H21N5O4. The van der Waals surface area contributed by atoms with Crippen LogP contribution in [0.5, 0.6) is 11.5 Å². The Morgan fingerprint density at radius 1 is 1.11 bits per heavy atom. The van der Waals surface area contributed by atoms with E-state index in [1.54, 1.807) is 30.0 Å². The molecule has 0 unspecified atom stereocenters. The minimum atomic E-state index is -0.632. The van der Waals surface area contributed by atoms with Gasteiger partial charge in [-0.1, -0.05) is 6.92 Å². The van der Waals surface area contributed by atoms with Crippen LogP contribution in [0.3, 0.4) is 0 Å². The molecule has 0 fully saturated rings. The summed E-state index contributed by atoms with van der Waals surface area (Å²) in [7, 11) is 4.47. The van der Waals surface area contributed by atoms with Gasteiger partial charge in [-0.05, 0) is 31.5 Å². The van der Waals surface area contributed by atoms with Crippen LogP contribution in [0, 0.1) is 0 Å². The minimum absolute atomic E-state index is 0.0756. The molecule has 0 aromatic heterocycles. The van der Waals surface area contributed by atoms with Gasteiger partial charge in [-0.2, -0.15) is 10.1 Å². The van der Waals surface area contributed by atoms with Crippen molar-refractivity contribution in [3.8, 4) is 34.4 Å². The van der Waals surface area contributed by atoms with Crippen molar-refractivity contribution in [2.45, 2.75) is 26.3 Å². The first-order chi connectivity index (χ1) is 12.9. The molecule has 0 radical (unpaired) electrons. The highest BCUT2D eigenvalue weighted by atomic mass is 16.5. The summed E-state index contributed by atoms with van der Waals surface area (Å²) in [5.74, 6) is 1.61. The number of nitrogens with zero attached hydrogens (tertiary/aromatic N) is 5. The van der Waals surface area contributed by atoms with E-state index >= 15 is 0 Å². The average Bonchev–Trinajstić information content (AvgIpc) is 2.70. The fraction of sp³-hybridized carbons (Fsp3) is 0.389. The number of fused-ring (bicyclic) bond motifs is 1. The zero-order valence-electron chi connectivity index (χ0n) is 15.9. The molecule has 0 aliphatic carbocycles. The molecule has 0 amide bonds. The second kappa shape index (κ2) is 7.18. The van der Waals surface area contributed by atoms with Crippen LogP contribution in [0.15, 0.2) is 27.8 Å². The Bertz CT molecular complexity index is 1070. The molecule has 1 atom stereocenters. The first-order valence-corrected chi connectivity index (χ1v) is 8.51. The van der Waals surface area contributed by atoms with Crippen molar-refractivity contribution in [2.75, 3.05) is 14.2 Å². The normalized spacial score (nSPS) is 12.2. The summed E-state index contributed by atoms with van der Waals surface area (Å²) in [6.07, 6.45) is 0.743. The summed E-state index contributed by atoms with van der Waals surface area (Å²) in [4.78, 5) is 33.0. The second-order valence-electron chi connectivity index (χ2n) is 6.14. The molecular weight excluding hydrogens is 350 g/mol. The molecule has 2 aliphatic rings. The van der Waals surface area contributed by atoms with Gasteiger partial charge in [0.1, 0.15) is 0 Å². The molecule has 2 heterocycles. The van der Waals surface area contributed by atoms with Gasteiger partial charge in [0.2, 0.25) is 0 Å². The predicted octanol–water partition coefficient (Wildman–Crippen LogP) is 1.49. The number of ether oxygens (including phenoxy) is 2. The van der Waals surface area contributed by atoms with Crippen LogP contribution in [0.4, 0.5) is 0 Å². The largest absolute Gasteiger partial charge is 0.493 e. The van der Waals surface area contributed by atoms with Crippen molar-refractivity contribution in [1.29, 1.82) is 0 Å². The predicted molar refractivity (Wildman–Crippen MR) is 99.5 cm³/mol. The number of rotatable bonds is 5. The van der Waals surface area contributed by atoms with Gasteiger partial charge in [0, 0.05) is 12.6 Å². The van der Waals surface area contributed by atoms with Crippen LogP contribution in [-0.2, 0) is 7.05 Å². The van der Waals surface area contributed by atoms with Gasteiger partial charge in [-0.3, -0.25) is 9.36 Å². The lowest BCUT2D eigenvalue weighted by molar-refractivity contribution is 0.355. The van der Waals surface area contributed by atoms with Crippen LogP contribution in [0.1, 0.15) is 26.3 Å². The highest BCUT2D eigenvalue weighted by molar-refractivity contribution is 5.63. The van der Waals surface area contributed by atoms with Crippen LogP contribution < -0.4 is 20.7 Å². The van der Waals surface area contributed by atoms with Crippen molar-refractivity contribution in [2.24, 2.45) is 7.05 Å². The number of methoxy groups -OCH3 is 2. The van der Waals surface area contributed by atoms with E-state index in [-0.39, 0.29) is 17.6 Å². The fourth-order valence-electron chi connectivity index (χ4n) is 2.67. The molecule has 142 valence electrons. The number of hydrogen-bond donors (Lipinski definition) is 0. The van der Waals surface area contributed by atoms with Gasteiger partial charge in [0.05, 0.1) is 20.3 Å². The van der Waals surface area contributed by atoms with Crippen LogP contribution in [0.25, 0.3) is 22.9 Å². The molecule has 0 N–H and O–H groups in total. The van der Waals surface area contributed by atoms with Gasteiger partial charge in [0.25, 0.3) is 5.56 Å². The Balaban J connectivity index is 2.33. The molecule has 0 saturated heterocycles. The smallest absolute Gasteiger partial charge is 0.352 e. The molecule has 1 aromatic carbocycles. The Morgan fingerprint density at radius 3 is 2.44 bits per heavy atom. The first kappa shape index (κ1) is 18.6. The molecule has 9 heteroatoms. The molecule has 0 saturated carbocycles. The van der Waals surface area contributed by atoms with Crippen LogP contribution >= 0.6 is 0 Å². The van der Waals surface area contributed by atoms with E-state index in [1.165, 1.54) is 14.2 Å². The summed E-state index contributed by atoms with van der Waals surface area (Å²) in [5.41, 5.74) is -0.393. The van der Waals surface area contributed by atoms with E-state index in [0.29, 0.717) is 22.9 Å². The quantitative estimate of drug-likeness (QED) is 0.670. The average molecular weight is 371 g/mol. The molecule has 27 heavy (non-hydrogen) atoms. The van der Waals surface area contributed by atoms with Gasteiger partial charge >= 0.3 is 5.69 Å². The SMILES string of the molecule is CC[C@H](C)n1nc(-c2ccc(OC)c(OC)c2)nc2c(=O)n(C)c(=O)nc1-2. The summed E-state index contributed by atoms with van der Waals surface area (Å²) in [6.45, 7) is 3.93. The van der Waals surface area contributed by atoms with Gasteiger partial charge in [0.15, 0.2) is 28.8 Å². The lowest BCUT2D eigenvalue weighted by Gasteiger charge is -2.19. The topological polar surface area (TPSA) is 101 Å². The summed E-state index contributed by atoms with van der Waals surface area (Å²) < 4.78 is 13.1. The molecule has 1 aromatic rings. The third kappa shape index (κ3) is 3.16. The summed E-state index contributed by atoms with van der Waals surface area (Å²) in [6, 6.07) is 5.18. The Kier molecular flexibility index (Phi) is 4.93. The maximum absolute atomic E-state index is 12.6. The van der Waals surface area contributed by atoms with E-state index < -0.39 is 11.2 Å². The Labute approximate surface area is 155 Å². The minimum Gasteiger partial charge on any atom is -0.493 e. The van der Waals surface area contributed by atoms with Crippen molar-refractivity contribution in [3.05, 3.63) is 39.0 Å². The van der Waals surface area contributed by atoms with E-state index in [4.69, 9.17) is 9.47 Å². The van der Waals surface area contributed by atoms with Gasteiger partial charge in [-0.25, -0.2) is 14.5 Å². The molecule has 2 aliphatic heterocycles. The monoisotopic (exact) mass is 371 g/mol. The molecule has 3 rings (SSSR count). The van der Waals surface area contributed by atoms with Crippen molar-refractivity contribution >= 4 is 0 Å². The van der Waals surface area contributed by atoms with E-state index in [9.17, 15) is 9.59 Å². The number of aromatic nitrogens is 5. The third-order valence-corrected chi connectivity index (χ3v) is 4.49. The van der Waals surface area contributed by atoms with Crippen molar-refractivity contribution in [3.63, 3.8) is 0 Å². The van der Waals surface area contributed by atoms with Gasteiger partial charge < -0.3 is 9.47 Å². The van der Waals surface area contributed by atoms with E-state index in [2.05, 4.69) is 15.1 Å². The third-order valence-electron chi connectivity index (χ3n) is 4.49. The van der Waals surface area contributed by atoms with E-state index in [0.717, 1.165) is 11.0 Å². The Hall–Kier alpha value is -3.23. The number of hydrogen-bond acceptors (Lipinski definition) is 7. The standard InChI is InChI=1S/C18H21N5O4/c1-6-10(2)23-16-14(17(24)22(3)18(25)20-16)19-15(21-23)11-7-8-12(26-4)13(9-11)27-5/h7-10H,6H2,1-5H3/t10-/m0/s1. The Morgan fingerprint density at radius 2 is 1.81 bits per heavy atom. The zero-order chi connectivity index (χ0) is 19.7. The molecule has 0 spiro atoms. The van der Waals surface area contributed by atoms with Crippen LogP contribution in [-0.4, -0.2) is 38.5 Å². The first-order valence-electron chi connectivity index (χ1n) is 8.51.